The molecule has 0 amide bonds. The summed E-state index contributed by atoms with van der Waals surface area (Å²) in [6.45, 7) is 2.89. The molecule has 0 saturated heterocycles. The monoisotopic (exact) mass is 269 g/mol. The van der Waals surface area contributed by atoms with Gasteiger partial charge in [-0.3, -0.25) is 4.68 Å². The highest BCUT2D eigenvalue weighted by Crippen LogP contribution is 2.19. The average molecular weight is 270 g/mol. The highest BCUT2D eigenvalue weighted by atomic mass is 35.5. The van der Waals surface area contributed by atoms with E-state index in [0.717, 1.165) is 13.0 Å². The van der Waals surface area contributed by atoms with Crippen molar-refractivity contribution in [2.24, 2.45) is 0 Å². The topological polar surface area (TPSA) is 75.0 Å². The molecule has 0 unspecified atom stereocenters. The zero-order chi connectivity index (χ0) is 13.0. The summed E-state index contributed by atoms with van der Waals surface area (Å²) in [4.78, 5) is 11.5. The largest absolute Gasteiger partial charge is 0.467 e. The van der Waals surface area contributed by atoms with Crippen molar-refractivity contribution in [3.05, 3.63) is 17.7 Å². The summed E-state index contributed by atoms with van der Waals surface area (Å²) in [5.74, 6) is 0.535. The summed E-state index contributed by atoms with van der Waals surface area (Å²) < 4.78 is 12.1. The molecule has 0 spiro atoms. The second-order valence-corrected chi connectivity index (χ2v) is 3.75. The van der Waals surface area contributed by atoms with Gasteiger partial charge in [-0.1, -0.05) is 6.92 Å². The van der Waals surface area contributed by atoms with Crippen molar-refractivity contribution < 1.29 is 9.47 Å². The standard InChI is InChI=1S/C10H12ClN5O2/c1-3-4-16-6-7(5-12-16)18-10-14-8(11)13-9(15-10)17-2/h5-6H,3-4H2,1-2H3. The van der Waals surface area contributed by atoms with E-state index in [1.54, 1.807) is 17.1 Å². The lowest BCUT2D eigenvalue weighted by Gasteiger charge is -2.02. The van der Waals surface area contributed by atoms with E-state index in [9.17, 15) is 0 Å². The molecule has 0 aromatic carbocycles. The molecular formula is C10H12ClN5O2. The molecule has 2 heterocycles. The minimum Gasteiger partial charge on any atom is -0.467 e. The molecule has 2 rings (SSSR count). The van der Waals surface area contributed by atoms with Gasteiger partial charge in [-0.2, -0.15) is 15.1 Å². The fraction of sp³-hybridized carbons (Fsp3) is 0.400. The summed E-state index contributed by atoms with van der Waals surface area (Å²) in [5.41, 5.74) is 0. The van der Waals surface area contributed by atoms with Crippen LogP contribution in [0.1, 0.15) is 13.3 Å². The van der Waals surface area contributed by atoms with Crippen LogP contribution >= 0.6 is 11.6 Å². The highest BCUT2D eigenvalue weighted by Gasteiger charge is 2.08. The van der Waals surface area contributed by atoms with Crippen molar-refractivity contribution in [2.75, 3.05) is 7.11 Å². The number of halogens is 1. The summed E-state index contributed by atoms with van der Waals surface area (Å²) in [5, 5.41) is 4.14. The molecule has 0 atom stereocenters. The first-order valence-electron chi connectivity index (χ1n) is 5.37. The Morgan fingerprint density at radius 1 is 1.28 bits per heavy atom. The lowest BCUT2D eigenvalue weighted by molar-refractivity contribution is 0.359. The van der Waals surface area contributed by atoms with Crippen molar-refractivity contribution >= 4 is 11.6 Å². The van der Waals surface area contributed by atoms with Gasteiger partial charge in [0.1, 0.15) is 0 Å². The fourth-order valence-electron chi connectivity index (χ4n) is 1.31. The van der Waals surface area contributed by atoms with E-state index in [-0.39, 0.29) is 17.3 Å². The molecule has 0 bridgehead atoms. The Kier molecular flexibility index (Phi) is 3.93. The van der Waals surface area contributed by atoms with Crippen LogP contribution < -0.4 is 9.47 Å². The van der Waals surface area contributed by atoms with E-state index >= 15 is 0 Å². The predicted molar refractivity (Wildman–Crippen MR) is 64.0 cm³/mol. The Morgan fingerprint density at radius 3 is 2.78 bits per heavy atom. The fourth-order valence-corrected chi connectivity index (χ4v) is 1.45. The second-order valence-electron chi connectivity index (χ2n) is 3.41. The van der Waals surface area contributed by atoms with Gasteiger partial charge in [0.15, 0.2) is 5.75 Å². The highest BCUT2D eigenvalue weighted by molar-refractivity contribution is 6.28. The van der Waals surface area contributed by atoms with Gasteiger partial charge in [-0.05, 0) is 18.0 Å². The van der Waals surface area contributed by atoms with E-state index in [2.05, 4.69) is 27.0 Å². The van der Waals surface area contributed by atoms with E-state index in [1.807, 2.05) is 0 Å². The third kappa shape index (κ3) is 3.07. The maximum atomic E-state index is 5.71. The van der Waals surface area contributed by atoms with Gasteiger partial charge in [0.05, 0.1) is 19.5 Å². The Balaban J connectivity index is 2.14. The zero-order valence-electron chi connectivity index (χ0n) is 10.00. The van der Waals surface area contributed by atoms with Gasteiger partial charge >= 0.3 is 12.0 Å². The number of aromatic nitrogens is 5. The minimum absolute atomic E-state index is 0.0119. The number of aryl methyl sites for hydroxylation is 1. The summed E-state index contributed by atoms with van der Waals surface area (Å²) in [7, 11) is 1.44. The first-order chi connectivity index (χ1) is 8.71. The third-order valence-corrected chi connectivity index (χ3v) is 2.19. The zero-order valence-corrected chi connectivity index (χ0v) is 10.8. The third-order valence-electron chi connectivity index (χ3n) is 2.02. The van der Waals surface area contributed by atoms with Crippen molar-refractivity contribution in [1.82, 2.24) is 24.7 Å². The number of methoxy groups -OCH3 is 1. The van der Waals surface area contributed by atoms with Crippen LogP contribution in [0.5, 0.6) is 17.8 Å². The second kappa shape index (κ2) is 5.63. The Labute approximate surface area is 109 Å². The average Bonchev–Trinajstić information content (AvgIpc) is 2.76. The summed E-state index contributed by atoms with van der Waals surface area (Å²) in [6, 6.07) is 0.175. The molecular weight excluding hydrogens is 258 g/mol. The van der Waals surface area contributed by atoms with Crippen LogP contribution in [0.2, 0.25) is 5.28 Å². The first kappa shape index (κ1) is 12.6. The SMILES string of the molecule is CCCn1cc(Oc2nc(Cl)nc(OC)n2)cn1. The smallest absolute Gasteiger partial charge is 0.329 e. The van der Waals surface area contributed by atoms with Crippen LogP contribution in [-0.2, 0) is 6.54 Å². The van der Waals surface area contributed by atoms with Crippen molar-refractivity contribution in [3.8, 4) is 17.8 Å². The molecule has 7 nitrogen and oxygen atoms in total. The maximum absolute atomic E-state index is 5.71. The molecule has 96 valence electrons. The number of ether oxygens (including phenoxy) is 2. The summed E-state index contributed by atoms with van der Waals surface area (Å²) in [6.07, 6.45) is 4.33. The molecule has 2 aromatic rings. The molecule has 0 aliphatic carbocycles. The van der Waals surface area contributed by atoms with Gasteiger partial charge in [-0.15, -0.1) is 4.98 Å². The van der Waals surface area contributed by atoms with Crippen LogP contribution in [0.25, 0.3) is 0 Å². The van der Waals surface area contributed by atoms with E-state index in [4.69, 9.17) is 21.1 Å². The van der Waals surface area contributed by atoms with Crippen LogP contribution in [0.4, 0.5) is 0 Å². The quantitative estimate of drug-likeness (QED) is 0.826. The number of hydrogen-bond acceptors (Lipinski definition) is 6. The number of nitrogens with zero attached hydrogens (tertiary/aromatic N) is 5. The molecule has 0 aliphatic heterocycles. The van der Waals surface area contributed by atoms with E-state index in [1.165, 1.54) is 7.11 Å². The van der Waals surface area contributed by atoms with Crippen LogP contribution in [-0.4, -0.2) is 31.8 Å². The summed E-state index contributed by atoms with van der Waals surface area (Å²) >= 11 is 5.71. The number of rotatable bonds is 5. The molecule has 18 heavy (non-hydrogen) atoms. The minimum atomic E-state index is 0.0119. The van der Waals surface area contributed by atoms with Crippen LogP contribution in [0, 0.1) is 0 Å². The van der Waals surface area contributed by atoms with Gasteiger partial charge < -0.3 is 9.47 Å². The van der Waals surface area contributed by atoms with E-state index < -0.39 is 0 Å². The normalized spacial score (nSPS) is 10.4. The van der Waals surface area contributed by atoms with Gasteiger partial charge in [0, 0.05) is 6.54 Å². The van der Waals surface area contributed by atoms with Gasteiger partial charge in [0.2, 0.25) is 5.28 Å². The Hall–Kier alpha value is -1.89. The van der Waals surface area contributed by atoms with Gasteiger partial charge in [0.25, 0.3) is 0 Å². The molecule has 0 fully saturated rings. The van der Waals surface area contributed by atoms with Crippen molar-refractivity contribution in [2.45, 2.75) is 19.9 Å². The van der Waals surface area contributed by atoms with Gasteiger partial charge in [-0.25, -0.2) is 0 Å². The molecule has 0 radical (unpaired) electrons. The van der Waals surface area contributed by atoms with Crippen LogP contribution in [0.3, 0.4) is 0 Å². The van der Waals surface area contributed by atoms with Crippen molar-refractivity contribution in [3.63, 3.8) is 0 Å². The first-order valence-corrected chi connectivity index (χ1v) is 5.75. The van der Waals surface area contributed by atoms with E-state index in [0.29, 0.717) is 5.75 Å². The molecule has 8 heteroatoms. The number of hydrogen-bond donors (Lipinski definition) is 0. The molecule has 0 N–H and O–H groups in total. The Morgan fingerprint density at radius 2 is 2.06 bits per heavy atom. The molecule has 0 saturated carbocycles. The van der Waals surface area contributed by atoms with Crippen molar-refractivity contribution in [1.29, 1.82) is 0 Å². The maximum Gasteiger partial charge on any atom is 0.329 e. The predicted octanol–water partition coefficient (Wildman–Crippen LogP) is 1.93. The lowest BCUT2D eigenvalue weighted by Crippen LogP contribution is -1.98. The Bertz CT molecular complexity index is 531. The molecule has 2 aromatic heterocycles. The van der Waals surface area contributed by atoms with Crippen LogP contribution in [0.15, 0.2) is 12.4 Å². The molecule has 0 aliphatic rings. The lowest BCUT2D eigenvalue weighted by atomic mass is 10.5.